The number of carbonyl (C=O) groups excluding carboxylic acids is 2. The van der Waals surface area contributed by atoms with E-state index in [4.69, 9.17) is 0 Å². The fraction of sp³-hybridized carbons (Fsp3) is 0.857. The molecule has 3 atom stereocenters. The second kappa shape index (κ2) is 2.60. The summed E-state index contributed by atoms with van der Waals surface area (Å²) in [5.41, 5.74) is -0.379. The summed E-state index contributed by atoms with van der Waals surface area (Å²) in [7, 11) is 0. The van der Waals surface area contributed by atoms with Crippen molar-refractivity contribution in [1.82, 2.24) is 0 Å². The monoisotopic (exact) mass is 220 g/mol. The first-order valence-electron chi connectivity index (χ1n) is 6.38. The van der Waals surface area contributed by atoms with E-state index in [0.717, 1.165) is 19.3 Å². The summed E-state index contributed by atoms with van der Waals surface area (Å²) >= 11 is 0. The van der Waals surface area contributed by atoms with Gasteiger partial charge in [-0.1, -0.05) is 20.8 Å². The molecule has 3 fully saturated rings. The van der Waals surface area contributed by atoms with Crippen LogP contribution in [0.4, 0.5) is 0 Å². The Morgan fingerprint density at radius 2 is 1.88 bits per heavy atom. The maximum Gasteiger partial charge on any atom is 0.145 e. The first-order valence-corrected chi connectivity index (χ1v) is 6.38. The van der Waals surface area contributed by atoms with Gasteiger partial charge in [-0.15, -0.1) is 0 Å². The van der Waals surface area contributed by atoms with E-state index in [0.29, 0.717) is 30.3 Å². The summed E-state index contributed by atoms with van der Waals surface area (Å²) in [5.74, 6) is 1.07. The van der Waals surface area contributed by atoms with Crippen molar-refractivity contribution in [2.45, 2.75) is 52.9 Å². The molecule has 0 unspecified atom stereocenters. The van der Waals surface area contributed by atoms with Crippen LogP contribution in [0.15, 0.2) is 0 Å². The molecular weight excluding hydrogens is 200 g/mol. The minimum atomic E-state index is -0.270. The summed E-state index contributed by atoms with van der Waals surface area (Å²) < 4.78 is 0. The van der Waals surface area contributed by atoms with E-state index < -0.39 is 0 Å². The molecule has 2 heteroatoms. The van der Waals surface area contributed by atoms with Crippen molar-refractivity contribution in [3.8, 4) is 0 Å². The minimum absolute atomic E-state index is 0.102. The standard InChI is InChI=1S/C14H20O2/c1-12(2)8-13(3)5-4-9-6-10(15)7-14(9,13)11(12)16/h9H,4-8H2,1-3H3/t9-,13-,14+/m0/s1. The van der Waals surface area contributed by atoms with Crippen LogP contribution in [-0.2, 0) is 9.59 Å². The van der Waals surface area contributed by atoms with Gasteiger partial charge in [0.25, 0.3) is 0 Å². The fourth-order valence-corrected chi connectivity index (χ4v) is 5.19. The maximum atomic E-state index is 12.7. The highest BCUT2D eigenvalue weighted by molar-refractivity contribution is 6.00. The molecule has 1 spiro atoms. The lowest BCUT2D eigenvalue weighted by molar-refractivity contribution is -0.136. The molecule has 3 aliphatic carbocycles. The third kappa shape index (κ3) is 0.906. The smallest absolute Gasteiger partial charge is 0.145 e. The SMILES string of the molecule is CC1(C)C[C@]2(C)CC[C@H]3CC(=O)C[C@]32C1=O. The Kier molecular flexibility index (Phi) is 1.70. The van der Waals surface area contributed by atoms with E-state index in [-0.39, 0.29) is 16.2 Å². The summed E-state index contributed by atoms with van der Waals surface area (Å²) in [6.45, 7) is 6.37. The van der Waals surface area contributed by atoms with Crippen molar-refractivity contribution in [1.29, 1.82) is 0 Å². The van der Waals surface area contributed by atoms with E-state index in [1.54, 1.807) is 0 Å². The largest absolute Gasteiger partial charge is 0.300 e. The van der Waals surface area contributed by atoms with Gasteiger partial charge in [-0.3, -0.25) is 9.59 Å². The zero-order chi connectivity index (χ0) is 11.8. The molecule has 2 nitrogen and oxygen atoms in total. The molecule has 0 amide bonds. The van der Waals surface area contributed by atoms with Gasteiger partial charge < -0.3 is 0 Å². The third-order valence-corrected chi connectivity index (χ3v) is 5.62. The summed E-state index contributed by atoms with van der Waals surface area (Å²) in [6, 6.07) is 0. The van der Waals surface area contributed by atoms with Gasteiger partial charge in [0, 0.05) is 23.7 Å². The van der Waals surface area contributed by atoms with E-state index in [1.807, 2.05) is 0 Å². The van der Waals surface area contributed by atoms with Gasteiger partial charge in [-0.25, -0.2) is 0 Å². The highest BCUT2D eigenvalue weighted by Gasteiger charge is 2.72. The predicted molar refractivity (Wildman–Crippen MR) is 60.9 cm³/mol. The Bertz CT molecular complexity index is 396. The van der Waals surface area contributed by atoms with Gasteiger partial charge in [-0.05, 0) is 30.6 Å². The average molecular weight is 220 g/mol. The molecule has 0 aliphatic heterocycles. The van der Waals surface area contributed by atoms with Crippen LogP contribution in [0, 0.1) is 22.2 Å². The highest BCUT2D eigenvalue weighted by atomic mass is 16.1. The zero-order valence-corrected chi connectivity index (χ0v) is 10.4. The third-order valence-electron chi connectivity index (χ3n) is 5.62. The Hall–Kier alpha value is -0.660. The lowest BCUT2D eigenvalue weighted by Gasteiger charge is -2.35. The molecule has 88 valence electrons. The molecule has 3 rings (SSSR count). The van der Waals surface area contributed by atoms with E-state index in [9.17, 15) is 9.59 Å². The van der Waals surface area contributed by atoms with Crippen LogP contribution in [-0.4, -0.2) is 11.6 Å². The van der Waals surface area contributed by atoms with Gasteiger partial charge in [0.15, 0.2) is 0 Å². The molecule has 3 saturated carbocycles. The van der Waals surface area contributed by atoms with Gasteiger partial charge >= 0.3 is 0 Å². The average Bonchev–Trinajstić information content (AvgIpc) is 2.65. The fourth-order valence-electron chi connectivity index (χ4n) is 5.19. The Morgan fingerprint density at radius 3 is 2.56 bits per heavy atom. The Labute approximate surface area is 96.8 Å². The second-order valence-corrected chi connectivity index (χ2v) is 7.08. The second-order valence-electron chi connectivity index (χ2n) is 7.08. The molecule has 0 aromatic rings. The molecule has 3 aliphatic rings. The van der Waals surface area contributed by atoms with Crippen LogP contribution in [0.3, 0.4) is 0 Å². The number of hydrogen-bond acceptors (Lipinski definition) is 2. The number of carbonyl (C=O) groups is 2. The van der Waals surface area contributed by atoms with Crippen LogP contribution < -0.4 is 0 Å². The molecule has 0 heterocycles. The van der Waals surface area contributed by atoms with Crippen molar-refractivity contribution in [2.24, 2.45) is 22.2 Å². The van der Waals surface area contributed by atoms with Gasteiger partial charge in [0.1, 0.15) is 11.6 Å². The van der Waals surface area contributed by atoms with Crippen molar-refractivity contribution in [2.75, 3.05) is 0 Å². The van der Waals surface area contributed by atoms with Crippen LogP contribution in [0.1, 0.15) is 52.9 Å². The molecule has 0 aromatic heterocycles. The van der Waals surface area contributed by atoms with Crippen molar-refractivity contribution in [3.63, 3.8) is 0 Å². The molecule has 0 bridgehead atoms. The summed E-state index contributed by atoms with van der Waals surface area (Å²) in [4.78, 5) is 24.5. The molecule has 0 aromatic carbocycles. The lowest BCUT2D eigenvalue weighted by Crippen LogP contribution is -2.39. The summed E-state index contributed by atoms with van der Waals surface area (Å²) in [6.07, 6.45) is 4.40. The molecule has 0 N–H and O–H groups in total. The quantitative estimate of drug-likeness (QED) is 0.629. The first kappa shape index (κ1) is 10.5. The summed E-state index contributed by atoms with van der Waals surface area (Å²) in [5, 5.41) is 0. The van der Waals surface area contributed by atoms with Gasteiger partial charge in [0.2, 0.25) is 0 Å². The van der Waals surface area contributed by atoms with Crippen LogP contribution in [0.5, 0.6) is 0 Å². The zero-order valence-electron chi connectivity index (χ0n) is 10.4. The van der Waals surface area contributed by atoms with Gasteiger partial charge in [-0.2, -0.15) is 0 Å². The molecular formula is C14H20O2. The lowest BCUT2D eigenvalue weighted by atomic mass is 9.66. The first-order chi connectivity index (χ1) is 7.32. The van der Waals surface area contributed by atoms with E-state index in [1.165, 1.54) is 0 Å². The van der Waals surface area contributed by atoms with Crippen molar-refractivity contribution >= 4 is 11.6 Å². The van der Waals surface area contributed by atoms with E-state index >= 15 is 0 Å². The minimum Gasteiger partial charge on any atom is -0.300 e. The van der Waals surface area contributed by atoms with Crippen LogP contribution in [0.2, 0.25) is 0 Å². The van der Waals surface area contributed by atoms with Gasteiger partial charge in [0.05, 0.1) is 0 Å². The highest BCUT2D eigenvalue weighted by Crippen LogP contribution is 2.72. The van der Waals surface area contributed by atoms with Crippen molar-refractivity contribution in [3.05, 3.63) is 0 Å². The van der Waals surface area contributed by atoms with Crippen LogP contribution >= 0.6 is 0 Å². The Morgan fingerprint density at radius 1 is 1.19 bits per heavy atom. The molecule has 0 radical (unpaired) electrons. The number of Topliss-reactive ketones (excluding diaryl/α,β-unsaturated/α-hetero) is 2. The number of ketones is 2. The van der Waals surface area contributed by atoms with Crippen molar-refractivity contribution < 1.29 is 9.59 Å². The topological polar surface area (TPSA) is 34.1 Å². The normalized spacial score (nSPS) is 49.6. The number of hydrogen-bond donors (Lipinski definition) is 0. The predicted octanol–water partition coefficient (Wildman–Crippen LogP) is 2.75. The number of rotatable bonds is 0. The maximum absolute atomic E-state index is 12.7. The molecule has 0 saturated heterocycles. The molecule has 16 heavy (non-hydrogen) atoms. The Balaban J connectivity index is 2.16. The van der Waals surface area contributed by atoms with E-state index in [2.05, 4.69) is 20.8 Å². The van der Waals surface area contributed by atoms with Crippen LogP contribution in [0.25, 0.3) is 0 Å².